The Kier molecular flexibility index (Phi) is 4.50. The number of pyridine rings is 1. The standard InChI is InChI=1S/C25H24N4O2/c1-16-23-20(18-9-5-4-6-10-18)15-22(30)29(24(23)27(3)26-16)17(2)25(31)28-14-13-19-11-7-8-12-21(19)28/h4-12,15,17H,13-14H2,1-3H3. The summed E-state index contributed by atoms with van der Waals surface area (Å²) in [6.07, 6.45) is 0.830. The van der Waals surface area contributed by atoms with E-state index in [1.165, 1.54) is 0 Å². The van der Waals surface area contributed by atoms with Crippen LogP contribution in [-0.4, -0.2) is 26.8 Å². The lowest BCUT2D eigenvalue weighted by molar-refractivity contribution is -0.121. The zero-order chi connectivity index (χ0) is 21.7. The summed E-state index contributed by atoms with van der Waals surface area (Å²) in [7, 11) is 1.82. The van der Waals surface area contributed by atoms with Gasteiger partial charge in [0, 0.05) is 30.7 Å². The summed E-state index contributed by atoms with van der Waals surface area (Å²) in [6, 6.07) is 18.8. The van der Waals surface area contributed by atoms with Gasteiger partial charge >= 0.3 is 0 Å². The van der Waals surface area contributed by atoms with Crippen LogP contribution in [0.3, 0.4) is 0 Å². The van der Waals surface area contributed by atoms with Crippen molar-refractivity contribution in [1.29, 1.82) is 0 Å². The number of aryl methyl sites for hydroxylation is 2. The van der Waals surface area contributed by atoms with Crippen LogP contribution in [0.4, 0.5) is 5.69 Å². The Hall–Kier alpha value is -3.67. The molecule has 0 aliphatic carbocycles. The number of amides is 1. The largest absolute Gasteiger partial charge is 0.310 e. The van der Waals surface area contributed by atoms with Crippen molar-refractivity contribution in [3.8, 4) is 11.1 Å². The fourth-order valence-electron chi connectivity index (χ4n) is 4.73. The third-order valence-electron chi connectivity index (χ3n) is 6.18. The predicted molar refractivity (Wildman–Crippen MR) is 122 cm³/mol. The minimum absolute atomic E-state index is 0.0836. The van der Waals surface area contributed by atoms with Crippen LogP contribution in [0.25, 0.3) is 22.2 Å². The molecule has 2 aromatic carbocycles. The summed E-state index contributed by atoms with van der Waals surface area (Å²) >= 11 is 0. The number of benzene rings is 2. The van der Waals surface area contributed by atoms with E-state index in [0.717, 1.165) is 39.9 Å². The first-order valence-corrected chi connectivity index (χ1v) is 10.5. The summed E-state index contributed by atoms with van der Waals surface area (Å²) in [5.74, 6) is -0.0836. The molecular formula is C25H24N4O2. The molecule has 1 aliphatic rings. The van der Waals surface area contributed by atoms with Crippen molar-refractivity contribution in [2.24, 2.45) is 7.05 Å². The number of aromatic nitrogens is 3. The molecule has 0 fully saturated rings. The molecule has 0 saturated heterocycles. The number of fused-ring (bicyclic) bond motifs is 2. The predicted octanol–water partition coefficient (Wildman–Crippen LogP) is 3.86. The molecule has 0 saturated carbocycles. The van der Waals surface area contributed by atoms with Crippen LogP contribution in [0.15, 0.2) is 65.5 Å². The molecule has 0 bridgehead atoms. The smallest absolute Gasteiger partial charge is 0.253 e. The summed E-state index contributed by atoms with van der Waals surface area (Å²) < 4.78 is 3.30. The number of nitrogens with zero attached hydrogens (tertiary/aromatic N) is 4. The SMILES string of the molecule is Cc1nn(C)c2c1c(-c1ccccc1)cc(=O)n2C(C)C(=O)N1CCc2ccccc21. The molecule has 3 heterocycles. The minimum Gasteiger partial charge on any atom is -0.310 e. The quantitative estimate of drug-likeness (QED) is 0.513. The maximum Gasteiger partial charge on any atom is 0.253 e. The van der Waals surface area contributed by atoms with Crippen molar-refractivity contribution in [3.63, 3.8) is 0 Å². The maximum atomic E-state index is 13.5. The zero-order valence-corrected chi connectivity index (χ0v) is 17.9. The molecule has 156 valence electrons. The van der Waals surface area contributed by atoms with Crippen molar-refractivity contribution < 1.29 is 4.79 Å². The van der Waals surface area contributed by atoms with Gasteiger partial charge in [0.05, 0.1) is 5.69 Å². The van der Waals surface area contributed by atoms with Gasteiger partial charge in [0.15, 0.2) is 0 Å². The number of carbonyl (C=O) groups excluding carboxylic acids is 1. The Balaban J connectivity index is 1.67. The van der Waals surface area contributed by atoms with Gasteiger partial charge in [-0.2, -0.15) is 5.10 Å². The minimum atomic E-state index is -0.652. The van der Waals surface area contributed by atoms with Crippen molar-refractivity contribution in [1.82, 2.24) is 14.3 Å². The molecule has 1 atom stereocenters. The second-order valence-corrected chi connectivity index (χ2v) is 8.08. The van der Waals surface area contributed by atoms with Crippen molar-refractivity contribution >= 4 is 22.6 Å². The van der Waals surface area contributed by atoms with Crippen LogP contribution < -0.4 is 10.5 Å². The van der Waals surface area contributed by atoms with E-state index in [9.17, 15) is 9.59 Å². The number of carbonyl (C=O) groups is 1. The van der Waals surface area contributed by atoms with Gasteiger partial charge < -0.3 is 4.90 Å². The van der Waals surface area contributed by atoms with Gasteiger partial charge in [-0.15, -0.1) is 0 Å². The average Bonchev–Trinajstić information content (AvgIpc) is 3.34. The second-order valence-electron chi connectivity index (χ2n) is 8.08. The summed E-state index contributed by atoms with van der Waals surface area (Å²) in [4.78, 5) is 28.7. The molecule has 31 heavy (non-hydrogen) atoms. The highest BCUT2D eigenvalue weighted by molar-refractivity contribution is 6.00. The number of rotatable bonds is 3. The number of hydrogen-bond donors (Lipinski definition) is 0. The topological polar surface area (TPSA) is 60.1 Å². The van der Waals surface area contributed by atoms with Crippen LogP contribution in [0.2, 0.25) is 0 Å². The third-order valence-corrected chi connectivity index (χ3v) is 6.18. The Labute approximate surface area is 180 Å². The first kappa shape index (κ1) is 19.3. The van der Waals surface area contributed by atoms with Gasteiger partial charge in [0.25, 0.3) is 5.56 Å². The van der Waals surface area contributed by atoms with Crippen molar-refractivity contribution in [2.45, 2.75) is 26.3 Å². The number of hydrogen-bond acceptors (Lipinski definition) is 3. The summed E-state index contributed by atoms with van der Waals surface area (Å²) in [5, 5.41) is 5.48. The molecule has 6 heteroatoms. The van der Waals surface area contributed by atoms with Crippen LogP contribution in [0.5, 0.6) is 0 Å². The average molecular weight is 412 g/mol. The molecule has 1 unspecified atom stereocenters. The molecule has 5 rings (SSSR count). The number of para-hydroxylation sites is 1. The lowest BCUT2D eigenvalue weighted by Crippen LogP contribution is -2.39. The van der Waals surface area contributed by atoms with Gasteiger partial charge in [-0.05, 0) is 43.0 Å². The van der Waals surface area contributed by atoms with E-state index in [2.05, 4.69) is 11.2 Å². The fraction of sp³-hybridized carbons (Fsp3) is 0.240. The first-order chi connectivity index (χ1) is 15.0. The van der Waals surface area contributed by atoms with Gasteiger partial charge in [-0.25, -0.2) is 0 Å². The molecule has 4 aromatic rings. The van der Waals surface area contributed by atoms with Crippen molar-refractivity contribution in [3.05, 3.63) is 82.3 Å². The highest BCUT2D eigenvalue weighted by Gasteiger charge is 2.31. The molecule has 0 N–H and O–H groups in total. The lowest BCUT2D eigenvalue weighted by Gasteiger charge is -2.24. The Morgan fingerprint density at radius 1 is 1.06 bits per heavy atom. The van der Waals surface area contributed by atoms with E-state index in [1.807, 2.05) is 62.5 Å². The summed E-state index contributed by atoms with van der Waals surface area (Å²) in [5.41, 5.74) is 5.19. The highest BCUT2D eigenvalue weighted by Crippen LogP contribution is 2.33. The third kappa shape index (κ3) is 2.98. The summed E-state index contributed by atoms with van der Waals surface area (Å²) in [6.45, 7) is 4.37. The molecule has 2 aromatic heterocycles. The zero-order valence-electron chi connectivity index (χ0n) is 17.9. The van der Waals surface area contributed by atoms with E-state index in [1.54, 1.807) is 27.1 Å². The van der Waals surface area contributed by atoms with Crippen LogP contribution in [-0.2, 0) is 18.3 Å². The van der Waals surface area contributed by atoms with E-state index < -0.39 is 6.04 Å². The molecule has 1 amide bonds. The molecular weight excluding hydrogens is 388 g/mol. The van der Waals surface area contributed by atoms with Gasteiger partial charge in [0.1, 0.15) is 11.7 Å². The monoisotopic (exact) mass is 412 g/mol. The van der Waals surface area contributed by atoms with Gasteiger partial charge in [0.2, 0.25) is 5.91 Å². The highest BCUT2D eigenvalue weighted by atomic mass is 16.2. The van der Waals surface area contributed by atoms with E-state index in [-0.39, 0.29) is 11.5 Å². The van der Waals surface area contributed by atoms with E-state index in [0.29, 0.717) is 12.2 Å². The normalized spacial score (nSPS) is 14.1. The molecule has 0 radical (unpaired) electrons. The molecule has 1 aliphatic heterocycles. The Morgan fingerprint density at radius 3 is 2.55 bits per heavy atom. The van der Waals surface area contributed by atoms with Crippen LogP contribution in [0.1, 0.15) is 24.2 Å². The van der Waals surface area contributed by atoms with E-state index in [4.69, 9.17) is 0 Å². The molecule has 0 spiro atoms. The second kappa shape index (κ2) is 7.23. The Morgan fingerprint density at radius 2 is 1.77 bits per heavy atom. The molecule has 6 nitrogen and oxygen atoms in total. The number of anilines is 1. The van der Waals surface area contributed by atoms with Crippen molar-refractivity contribution in [2.75, 3.05) is 11.4 Å². The van der Waals surface area contributed by atoms with Gasteiger partial charge in [-0.3, -0.25) is 18.8 Å². The first-order valence-electron chi connectivity index (χ1n) is 10.5. The Bertz CT molecular complexity index is 1370. The fourth-order valence-corrected chi connectivity index (χ4v) is 4.73. The lowest BCUT2D eigenvalue weighted by atomic mass is 10.0. The van der Waals surface area contributed by atoms with E-state index >= 15 is 0 Å². The van der Waals surface area contributed by atoms with Crippen LogP contribution in [0, 0.1) is 6.92 Å². The van der Waals surface area contributed by atoms with Gasteiger partial charge in [-0.1, -0.05) is 48.5 Å². The van der Waals surface area contributed by atoms with Crippen LogP contribution >= 0.6 is 0 Å². The maximum absolute atomic E-state index is 13.5.